The average molecular weight is 388 g/mol. The summed E-state index contributed by atoms with van der Waals surface area (Å²) < 4.78 is 14.7. The predicted molar refractivity (Wildman–Crippen MR) is 99.3 cm³/mol. The molecule has 1 aliphatic carbocycles. The zero-order valence-electron chi connectivity index (χ0n) is 14.4. The number of nitrogens with zero attached hydrogens (tertiary/aromatic N) is 3. The number of hydrogen-bond acceptors (Lipinski definition) is 5. The van der Waals surface area contributed by atoms with E-state index in [1.165, 1.54) is 41.1 Å². The molecule has 2 aliphatic rings. The normalized spacial score (nSPS) is 16.2. The summed E-state index contributed by atoms with van der Waals surface area (Å²) in [5.74, 6) is -0.536. The summed E-state index contributed by atoms with van der Waals surface area (Å²) in [4.78, 5) is 39.6. The molecule has 0 spiro atoms. The van der Waals surface area contributed by atoms with Crippen LogP contribution in [0.15, 0.2) is 40.2 Å². The van der Waals surface area contributed by atoms with Gasteiger partial charge in [0.1, 0.15) is 18.0 Å². The van der Waals surface area contributed by atoms with E-state index in [1.807, 2.05) is 0 Å². The molecule has 140 valence electrons. The van der Waals surface area contributed by atoms with Crippen LogP contribution in [0, 0.1) is 11.7 Å². The molecule has 0 atom stereocenters. The molecule has 2 heterocycles. The van der Waals surface area contributed by atoms with Gasteiger partial charge < -0.3 is 10.2 Å². The van der Waals surface area contributed by atoms with Gasteiger partial charge >= 0.3 is 0 Å². The second kappa shape index (κ2) is 7.15. The molecule has 1 aromatic heterocycles. The van der Waals surface area contributed by atoms with Gasteiger partial charge in [-0.25, -0.2) is 9.07 Å². The van der Waals surface area contributed by atoms with Gasteiger partial charge in [-0.2, -0.15) is 5.10 Å². The number of thioether (sulfide) groups is 1. The molecule has 7 nitrogen and oxygen atoms in total. The molecule has 1 saturated carbocycles. The fourth-order valence-corrected chi connectivity index (χ4v) is 3.80. The van der Waals surface area contributed by atoms with Crippen molar-refractivity contribution in [2.75, 3.05) is 22.5 Å². The van der Waals surface area contributed by atoms with E-state index in [1.54, 1.807) is 6.07 Å². The number of nitrogens with one attached hydrogen (secondary N) is 1. The van der Waals surface area contributed by atoms with Crippen molar-refractivity contribution in [3.05, 3.63) is 46.6 Å². The highest BCUT2D eigenvalue weighted by atomic mass is 32.2. The molecule has 2 aromatic rings. The van der Waals surface area contributed by atoms with E-state index >= 15 is 0 Å². The van der Waals surface area contributed by atoms with Crippen LogP contribution < -0.4 is 15.8 Å². The second-order valence-electron chi connectivity index (χ2n) is 6.58. The predicted octanol–water partition coefficient (Wildman–Crippen LogP) is 1.87. The monoisotopic (exact) mass is 388 g/mol. The Morgan fingerprint density at radius 1 is 1.30 bits per heavy atom. The van der Waals surface area contributed by atoms with Crippen molar-refractivity contribution in [1.29, 1.82) is 0 Å². The molecule has 1 aliphatic heterocycles. The zero-order valence-corrected chi connectivity index (χ0v) is 15.2. The fourth-order valence-electron chi connectivity index (χ4n) is 2.91. The molecule has 0 radical (unpaired) electrons. The summed E-state index contributed by atoms with van der Waals surface area (Å²) in [6.07, 6.45) is 3.61. The molecule has 2 amide bonds. The molecule has 1 fully saturated rings. The van der Waals surface area contributed by atoms with Gasteiger partial charge in [0.25, 0.3) is 5.56 Å². The summed E-state index contributed by atoms with van der Waals surface area (Å²) in [6.45, 7) is 0.156. The molecule has 0 unspecified atom stereocenters. The number of aromatic nitrogens is 2. The molecule has 9 heteroatoms. The Morgan fingerprint density at radius 2 is 2.07 bits per heavy atom. The lowest BCUT2D eigenvalue weighted by Gasteiger charge is -2.28. The molecule has 27 heavy (non-hydrogen) atoms. The Balaban J connectivity index is 1.58. The maximum atomic E-state index is 13.7. The molecule has 1 N–H and O–H groups in total. The van der Waals surface area contributed by atoms with E-state index in [-0.39, 0.29) is 29.6 Å². The van der Waals surface area contributed by atoms with E-state index in [0.717, 1.165) is 17.5 Å². The number of carbonyl (C=O) groups excluding carboxylic acids is 2. The molecular formula is C18H17FN4O3S. The van der Waals surface area contributed by atoms with Gasteiger partial charge in [-0.15, -0.1) is 11.8 Å². The van der Waals surface area contributed by atoms with Crippen LogP contribution in [0.1, 0.15) is 12.8 Å². The van der Waals surface area contributed by atoms with Crippen molar-refractivity contribution in [3.63, 3.8) is 0 Å². The number of anilines is 2. The second-order valence-corrected chi connectivity index (χ2v) is 7.60. The third-order valence-electron chi connectivity index (χ3n) is 4.49. The van der Waals surface area contributed by atoms with Crippen molar-refractivity contribution in [2.24, 2.45) is 5.92 Å². The minimum Gasteiger partial charge on any atom is -0.322 e. The van der Waals surface area contributed by atoms with Crippen LogP contribution in [-0.4, -0.2) is 33.9 Å². The summed E-state index contributed by atoms with van der Waals surface area (Å²) in [5, 5.41) is 6.47. The number of benzene rings is 1. The summed E-state index contributed by atoms with van der Waals surface area (Å²) in [6, 6.07) is 5.78. The van der Waals surface area contributed by atoms with Gasteiger partial charge in [0.2, 0.25) is 11.8 Å². The Morgan fingerprint density at radius 3 is 2.81 bits per heavy atom. The molecule has 1 aromatic carbocycles. The number of hydrogen-bond donors (Lipinski definition) is 1. The van der Waals surface area contributed by atoms with E-state index in [4.69, 9.17) is 0 Å². The largest absolute Gasteiger partial charge is 0.322 e. The zero-order chi connectivity index (χ0) is 19.0. The van der Waals surface area contributed by atoms with Gasteiger partial charge in [0.05, 0.1) is 22.5 Å². The summed E-state index contributed by atoms with van der Waals surface area (Å²) >= 11 is 1.28. The Kier molecular flexibility index (Phi) is 4.69. The standard InChI is InChI=1S/C18H17FN4O3S/c19-12-3-1-2-4-13(12)21-15(24)9-23-18(26)17-14(7-20-23)27-10-16(25)22(17)8-11-5-6-11/h1-4,7,11H,5-6,8-10H2,(H,21,24). The summed E-state index contributed by atoms with van der Waals surface area (Å²) in [5.41, 5.74) is -0.163. The van der Waals surface area contributed by atoms with E-state index in [2.05, 4.69) is 10.4 Å². The van der Waals surface area contributed by atoms with E-state index in [9.17, 15) is 18.8 Å². The number of fused-ring (bicyclic) bond motifs is 1. The third kappa shape index (κ3) is 3.73. The van der Waals surface area contributed by atoms with E-state index < -0.39 is 17.3 Å². The van der Waals surface area contributed by atoms with Gasteiger partial charge in [-0.05, 0) is 30.9 Å². The number of para-hydroxylation sites is 1. The number of carbonyl (C=O) groups is 2. The van der Waals surface area contributed by atoms with Crippen LogP contribution >= 0.6 is 11.8 Å². The van der Waals surface area contributed by atoms with E-state index in [0.29, 0.717) is 17.4 Å². The number of halogens is 1. The molecule has 0 saturated heterocycles. The minimum absolute atomic E-state index is 0.0367. The van der Waals surface area contributed by atoms with Crippen LogP contribution in [0.5, 0.6) is 0 Å². The van der Waals surface area contributed by atoms with Crippen LogP contribution in [0.4, 0.5) is 15.8 Å². The van der Waals surface area contributed by atoms with Gasteiger partial charge in [0, 0.05) is 6.54 Å². The lowest BCUT2D eigenvalue weighted by molar-refractivity contribution is -0.117. The van der Waals surface area contributed by atoms with Gasteiger partial charge in [-0.3, -0.25) is 14.4 Å². The smallest absolute Gasteiger partial charge is 0.292 e. The van der Waals surface area contributed by atoms with Crippen molar-refractivity contribution in [2.45, 2.75) is 24.3 Å². The van der Waals surface area contributed by atoms with Crippen LogP contribution in [0.25, 0.3) is 0 Å². The third-order valence-corrected chi connectivity index (χ3v) is 5.49. The molecule has 4 rings (SSSR count). The lowest BCUT2D eigenvalue weighted by Crippen LogP contribution is -2.43. The highest BCUT2D eigenvalue weighted by Gasteiger charge is 2.34. The van der Waals surface area contributed by atoms with Crippen LogP contribution in [-0.2, 0) is 16.1 Å². The number of amides is 2. The Hall–Kier alpha value is -2.68. The Bertz CT molecular complexity index is 973. The van der Waals surface area contributed by atoms with Crippen molar-refractivity contribution >= 4 is 35.0 Å². The van der Waals surface area contributed by atoms with Crippen LogP contribution in [0.2, 0.25) is 0 Å². The first kappa shape index (κ1) is 17.7. The molecule has 0 bridgehead atoms. The fraction of sp³-hybridized carbons (Fsp3) is 0.333. The maximum Gasteiger partial charge on any atom is 0.292 e. The lowest BCUT2D eigenvalue weighted by atomic mass is 10.3. The van der Waals surface area contributed by atoms with Gasteiger partial charge in [-0.1, -0.05) is 12.1 Å². The first-order chi connectivity index (χ1) is 13.0. The van der Waals surface area contributed by atoms with Gasteiger partial charge in [0.15, 0.2) is 0 Å². The van der Waals surface area contributed by atoms with Crippen LogP contribution in [0.3, 0.4) is 0 Å². The highest BCUT2D eigenvalue weighted by Crippen LogP contribution is 2.36. The van der Waals surface area contributed by atoms with Crippen molar-refractivity contribution in [3.8, 4) is 0 Å². The Labute approximate surface area is 158 Å². The minimum atomic E-state index is -0.571. The summed E-state index contributed by atoms with van der Waals surface area (Å²) in [7, 11) is 0. The highest BCUT2D eigenvalue weighted by molar-refractivity contribution is 8.00. The SMILES string of the molecule is O=C(Cn1ncc2c(c1=O)N(CC1CC1)C(=O)CS2)Nc1ccccc1F. The maximum absolute atomic E-state index is 13.7. The van der Waals surface area contributed by atoms with Crippen molar-refractivity contribution < 1.29 is 14.0 Å². The quantitative estimate of drug-likeness (QED) is 0.845. The van der Waals surface area contributed by atoms with Crippen molar-refractivity contribution in [1.82, 2.24) is 9.78 Å². The number of rotatable bonds is 5. The first-order valence-corrected chi connectivity index (χ1v) is 9.59. The first-order valence-electron chi connectivity index (χ1n) is 8.60. The molecular weight excluding hydrogens is 371 g/mol. The average Bonchev–Trinajstić information content (AvgIpc) is 3.46. The topological polar surface area (TPSA) is 84.3 Å².